The molecule has 4 aromatic heterocycles. The van der Waals surface area contributed by atoms with Gasteiger partial charge in [0, 0.05) is 73.6 Å². The van der Waals surface area contributed by atoms with Gasteiger partial charge in [0.25, 0.3) is 11.8 Å². The van der Waals surface area contributed by atoms with Crippen LogP contribution in [0.2, 0.25) is 0 Å². The fourth-order valence-corrected chi connectivity index (χ4v) is 9.01. The van der Waals surface area contributed by atoms with E-state index in [1.165, 1.54) is 18.5 Å². The number of hydrogen-bond donors (Lipinski definition) is 7. The van der Waals surface area contributed by atoms with Crippen molar-refractivity contribution >= 4 is 58.7 Å². The first-order valence-electron chi connectivity index (χ1n) is 25.3. The van der Waals surface area contributed by atoms with Crippen molar-refractivity contribution in [3.63, 3.8) is 0 Å². The van der Waals surface area contributed by atoms with Crippen LogP contribution in [0, 0.1) is 12.8 Å². The highest BCUT2D eigenvalue weighted by Crippen LogP contribution is 2.31. The minimum atomic E-state index is -1.04. The number of carbonyl (C=O) groups is 7. The number of aryl methyl sites for hydroxylation is 1. The monoisotopic (exact) mass is 1030 g/mol. The molecule has 8 N–H and O–H groups in total. The fraction of sp³-hybridized carbons (Fsp3) is 0.352. The summed E-state index contributed by atoms with van der Waals surface area (Å²) in [5, 5.41) is 18.8. The molecule has 22 nitrogen and oxygen atoms in total. The van der Waals surface area contributed by atoms with E-state index in [2.05, 4.69) is 41.7 Å². The number of nitrogens with one attached hydrogen (secondary N) is 6. The van der Waals surface area contributed by atoms with Gasteiger partial charge in [0.15, 0.2) is 5.65 Å². The van der Waals surface area contributed by atoms with E-state index in [-0.39, 0.29) is 56.2 Å². The third kappa shape index (κ3) is 13.8. The van der Waals surface area contributed by atoms with E-state index >= 15 is 0 Å². The van der Waals surface area contributed by atoms with E-state index in [0.29, 0.717) is 68.8 Å². The molecule has 1 unspecified atom stereocenters. The molecular weight excluding hydrogens is 973 g/mol. The van der Waals surface area contributed by atoms with Crippen molar-refractivity contribution in [2.45, 2.75) is 97.5 Å². The molecule has 2 aliphatic heterocycles. The predicted molar refractivity (Wildman–Crippen MR) is 282 cm³/mol. The van der Waals surface area contributed by atoms with Crippen LogP contribution in [0.3, 0.4) is 0 Å². The number of carbonyl (C=O) groups excluding carboxylic acids is 7. The number of imidazole rings is 1. The summed E-state index contributed by atoms with van der Waals surface area (Å²) in [4.78, 5) is 109. The Hall–Kier alpha value is -8.95. The van der Waals surface area contributed by atoms with Crippen molar-refractivity contribution in [3.8, 4) is 22.6 Å². The Labute approximate surface area is 438 Å². The van der Waals surface area contributed by atoms with E-state index in [0.717, 1.165) is 55.7 Å². The number of urea groups is 1. The lowest BCUT2D eigenvalue weighted by Crippen LogP contribution is -2.54. The lowest BCUT2D eigenvalue weighted by molar-refractivity contribution is -0.137. The molecule has 2 aliphatic rings. The van der Waals surface area contributed by atoms with Gasteiger partial charge in [0.05, 0.1) is 17.9 Å². The molecule has 22 heteroatoms. The first-order valence-corrected chi connectivity index (χ1v) is 25.3. The van der Waals surface area contributed by atoms with E-state index in [4.69, 9.17) is 20.4 Å². The van der Waals surface area contributed by atoms with Crippen LogP contribution in [-0.2, 0) is 54.8 Å². The van der Waals surface area contributed by atoms with Crippen molar-refractivity contribution in [2.24, 2.45) is 11.7 Å². The first kappa shape index (κ1) is 53.3. The number of H-pyrrole nitrogens is 1. The fourth-order valence-electron chi connectivity index (χ4n) is 9.01. The summed E-state index contributed by atoms with van der Waals surface area (Å²) in [7, 11) is 0. The smallest absolute Gasteiger partial charge is 0.410 e. The van der Waals surface area contributed by atoms with Gasteiger partial charge in [-0.05, 0) is 104 Å². The Balaban J connectivity index is 0.820. The largest absolute Gasteiger partial charge is 0.445 e. The minimum Gasteiger partial charge on any atom is -0.445 e. The number of aromatic nitrogens is 6. The second-order valence-corrected chi connectivity index (χ2v) is 19.0. The number of fused-ring (bicyclic) bond motifs is 2. The zero-order chi connectivity index (χ0) is 53.7. The van der Waals surface area contributed by atoms with Crippen LogP contribution in [0.5, 0.6) is 0 Å². The Morgan fingerprint density at radius 2 is 1.66 bits per heavy atom. The number of unbranched alkanes of at least 4 members (excludes halogenated alkanes) is 2. The zero-order valence-corrected chi connectivity index (χ0v) is 42.6. The summed E-state index contributed by atoms with van der Waals surface area (Å²) in [6.07, 6.45) is 8.19. The van der Waals surface area contributed by atoms with Crippen molar-refractivity contribution in [1.82, 2.24) is 55.3 Å². The normalized spacial score (nSPS) is 13.8. The van der Waals surface area contributed by atoms with Crippen molar-refractivity contribution in [2.75, 3.05) is 30.3 Å². The molecule has 0 radical (unpaired) electrons. The van der Waals surface area contributed by atoms with Crippen molar-refractivity contribution < 1.29 is 38.3 Å². The maximum Gasteiger partial charge on any atom is 0.410 e. The average Bonchev–Trinajstić information content (AvgIpc) is 4.15. The van der Waals surface area contributed by atoms with Gasteiger partial charge in [0.2, 0.25) is 17.7 Å². The van der Waals surface area contributed by atoms with Gasteiger partial charge >= 0.3 is 12.1 Å². The van der Waals surface area contributed by atoms with E-state index in [1.807, 2.05) is 61.7 Å². The number of nitrogens with zero attached hydrogens (tertiary/aromatic N) is 7. The lowest BCUT2D eigenvalue weighted by atomic mass is 9.98. The molecule has 6 heterocycles. The quantitative estimate of drug-likeness (QED) is 0.0317. The Bertz CT molecular complexity index is 3110. The second kappa shape index (κ2) is 24.9. The summed E-state index contributed by atoms with van der Waals surface area (Å²) in [5.74, 6) is -1.74. The van der Waals surface area contributed by atoms with Crippen LogP contribution in [0.25, 0.3) is 28.3 Å². The zero-order valence-electron chi connectivity index (χ0n) is 42.6. The summed E-state index contributed by atoms with van der Waals surface area (Å²) in [6.45, 7) is 7.12. The third-order valence-electron chi connectivity index (χ3n) is 13.1. The van der Waals surface area contributed by atoms with Gasteiger partial charge < -0.3 is 46.9 Å². The molecule has 2 aromatic carbocycles. The van der Waals surface area contributed by atoms with E-state index in [9.17, 15) is 33.6 Å². The number of pyridine rings is 2. The van der Waals surface area contributed by atoms with Crippen LogP contribution in [-0.4, -0.2) is 113 Å². The Morgan fingerprint density at radius 1 is 0.868 bits per heavy atom. The number of aromatic amines is 1. The number of primary amides is 1. The van der Waals surface area contributed by atoms with Crippen LogP contribution < -0.4 is 32.3 Å². The predicted octanol–water partition coefficient (Wildman–Crippen LogP) is 5.29. The molecule has 6 aromatic rings. The van der Waals surface area contributed by atoms with Gasteiger partial charge in [0.1, 0.15) is 36.5 Å². The number of ether oxygens (including phenoxy) is 1. The van der Waals surface area contributed by atoms with Gasteiger partial charge in [-0.15, -0.1) is 0 Å². The molecule has 8 amide bonds. The van der Waals surface area contributed by atoms with Gasteiger partial charge in [-0.2, -0.15) is 5.10 Å². The highest BCUT2D eigenvalue weighted by Gasteiger charge is 2.30. The first-order chi connectivity index (χ1) is 36.7. The van der Waals surface area contributed by atoms with E-state index in [1.54, 1.807) is 47.5 Å². The Morgan fingerprint density at radius 3 is 2.42 bits per heavy atom. The number of hydrogen-bond acceptors (Lipinski definition) is 13. The number of nitrogens with two attached hydrogens (primary N) is 1. The molecule has 0 bridgehead atoms. The molecule has 0 saturated carbocycles. The summed E-state index contributed by atoms with van der Waals surface area (Å²) in [6, 6.07) is 19.8. The highest BCUT2D eigenvalue weighted by molar-refractivity contribution is 6.12. The number of amides is 8. The number of imide groups is 1. The van der Waals surface area contributed by atoms with Crippen LogP contribution in [0.15, 0.2) is 97.5 Å². The molecule has 396 valence electrons. The molecule has 0 spiro atoms. The van der Waals surface area contributed by atoms with Gasteiger partial charge in [-0.1, -0.05) is 50.6 Å². The summed E-state index contributed by atoms with van der Waals surface area (Å²) < 4.78 is 7.47. The lowest BCUT2D eigenvalue weighted by Gasteiger charge is -2.29. The molecule has 2 atom stereocenters. The van der Waals surface area contributed by atoms with Crippen molar-refractivity contribution in [1.29, 1.82) is 0 Å². The standard InChI is InChI=1S/C54H62N14O8/c1-33(2)48(65-45(69)15-5-4-6-26-67-46(70)22-23-47(67)71)52(73)62-42(14-9-25-56-53(55)74)51(72)61-38-19-16-35(17-20-38)31-76-54(75)66-27-24-39-36(29-66)11-8-12-40(39)57-28-43-63-49(37-18-21-44-58-32-59-68(44)30-37)50(64-43)41-13-7-10-34(3)60-41/h7-8,10-13,16-23,30,32-33,42,48,57H,4-6,9,14-15,24-29,31H2,1-3H3,(H,61,72)(H,62,73)(H,63,64)(H,65,69)(H3,55,56,74)/t42-,48?/m0/s1. The summed E-state index contributed by atoms with van der Waals surface area (Å²) >= 11 is 0. The number of benzene rings is 2. The van der Waals surface area contributed by atoms with Gasteiger partial charge in [-0.25, -0.2) is 24.1 Å². The van der Waals surface area contributed by atoms with Crippen molar-refractivity contribution in [3.05, 3.63) is 126 Å². The molecule has 0 fully saturated rings. The third-order valence-corrected chi connectivity index (χ3v) is 13.1. The maximum absolute atomic E-state index is 13.7. The SMILES string of the molecule is Cc1cccc(-c2nc(CNc3cccc4c3CCN(C(=O)OCc3ccc(NC(=O)[C@H](CCCNC(N)=O)NC(=O)C(NC(=O)CCCCCN5C(=O)C=CC5=O)C(C)C)cc3)C4)[nH]c2-c2ccc3ncnn3c2)n1. The van der Waals surface area contributed by atoms with Gasteiger partial charge in [-0.3, -0.25) is 33.9 Å². The summed E-state index contributed by atoms with van der Waals surface area (Å²) in [5.41, 5.74) is 14.2. The molecule has 76 heavy (non-hydrogen) atoms. The van der Waals surface area contributed by atoms with Crippen LogP contribution in [0.1, 0.15) is 80.6 Å². The average molecular weight is 1040 g/mol. The van der Waals surface area contributed by atoms with E-state index < -0.39 is 36.0 Å². The molecule has 0 saturated heterocycles. The minimum absolute atomic E-state index is 0.0118. The maximum atomic E-state index is 13.7. The number of anilines is 2. The number of rotatable bonds is 23. The molecule has 0 aliphatic carbocycles. The molecular formula is C54H62N14O8. The highest BCUT2D eigenvalue weighted by atomic mass is 16.6. The Kier molecular flexibility index (Phi) is 17.4. The topological polar surface area (TPSA) is 293 Å². The molecule has 8 rings (SSSR count). The van der Waals surface area contributed by atoms with Crippen LogP contribution >= 0.6 is 0 Å². The van der Waals surface area contributed by atoms with Crippen LogP contribution in [0.4, 0.5) is 21.0 Å². The second-order valence-electron chi connectivity index (χ2n) is 19.0.